The van der Waals surface area contributed by atoms with E-state index in [1.165, 1.54) is 11.1 Å². The molecule has 1 aromatic heterocycles. The quantitative estimate of drug-likeness (QED) is 0.784. The zero-order chi connectivity index (χ0) is 21.4. The molecular weight excluding hydrogens is 388 g/mol. The van der Waals surface area contributed by atoms with Crippen LogP contribution in [0.2, 0.25) is 0 Å². The van der Waals surface area contributed by atoms with Crippen LogP contribution in [0.5, 0.6) is 0 Å². The molecular formula is C25H26N4O2. The van der Waals surface area contributed by atoms with E-state index >= 15 is 0 Å². The molecule has 1 N–H and O–H groups in total. The van der Waals surface area contributed by atoms with Crippen molar-refractivity contribution in [3.8, 4) is 0 Å². The molecule has 6 heteroatoms. The normalized spacial score (nSPS) is 23.3. The van der Waals surface area contributed by atoms with Gasteiger partial charge in [-0.15, -0.1) is 0 Å². The van der Waals surface area contributed by atoms with E-state index < -0.39 is 0 Å². The molecule has 1 fully saturated rings. The molecule has 31 heavy (non-hydrogen) atoms. The van der Waals surface area contributed by atoms with Gasteiger partial charge in [0.2, 0.25) is 11.8 Å². The maximum absolute atomic E-state index is 12.8. The van der Waals surface area contributed by atoms with Gasteiger partial charge < -0.3 is 10.2 Å². The average molecular weight is 415 g/mol. The van der Waals surface area contributed by atoms with Gasteiger partial charge in [-0.3, -0.25) is 14.5 Å². The lowest BCUT2D eigenvalue weighted by atomic mass is 9.98. The molecule has 1 aromatic carbocycles. The summed E-state index contributed by atoms with van der Waals surface area (Å²) in [7, 11) is 1.91. The molecule has 5 rings (SSSR count). The Kier molecular flexibility index (Phi) is 5.16. The van der Waals surface area contributed by atoms with Crippen LogP contribution >= 0.6 is 0 Å². The Labute approximate surface area is 182 Å². The zero-order valence-corrected chi connectivity index (χ0v) is 17.6. The molecule has 2 atom stereocenters. The second kappa shape index (κ2) is 8.12. The number of aromatic nitrogens is 1. The monoisotopic (exact) mass is 414 g/mol. The number of rotatable bonds is 3. The number of nitrogens with one attached hydrogen (secondary N) is 1. The number of hydrogen-bond donors (Lipinski definition) is 1. The molecule has 1 saturated heterocycles. The van der Waals surface area contributed by atoms with E-state index in [4.69, 9.17) is 0 Å². The summed E-state index contributed by atoms with van der Waals surface area (Å²) in [4.78, 5) is 32.9. The SMILES string of the molecule is CN1CC(=O)Nc2ncc(C=CC(=O)N3CC4C=C(c5ccccc5)CC4C3)cc2C1. The first-order valence-corrected chi connectivity index (χ1v) is 10.8. The van der Waals surface area contributed by atoms with E-state index in [1.807, 2.05) is 35.1 Å². The molecule has 2 aliphatic heterocycles. The third kappa shape index (κ3) is 4.16. The number of carbonyl (C=O) groups is 2. The van der Waals surface area contributed by atoms with Crippen molar-refractivity contribution >= 4 is 29.3 Å². The molecule has 3 aliphatic rings. The zero-order valence-electron chi connectivity index (χ0n) is 17.6. The Morgan fingerprint density at radius 3 is 2.84 bits per heavy atom. The van der Waals surface area contributed by atoms with Crippen molar-refractivity contribution in [2.24, 2.45) is 11.8 Å². The fourth-order valence-corrected chi connectivity index (χ4v) is 4.85. The lowest BCUT2D eigenvalue weighted by Gasteiger charge is -2.15. The van der Waals surface area contributed by atoms with Gasteiger partial charge in [-0.25, -0.2) is 4.98 Å². The van der Waals surface area contributed by atoms with Crippen molar-refractivity contribution in [3.63, 3.8) is 0 Å². The van der Waals surface area contributed by atoms with Gasteiger partial charge in [-0.05, 0) is 54.1 Å². The Balaban J connectivity index is 1.24. The van der Waals surface area contributed by atoms with E-state index in [-0.39, 0.29) is 11.8 Å². The second-order valence-electron chi connectivity index (χ2n) is 8.76. The number of pyridine rings is 1. The number of likely N-dealkylation sites (tertiary alicyclic amines) is 1. The molecule has 0 bridgehead atoms. The van der Waals surface area contributed by atoms with Crippen molar-refractivity contribution in [2.75, 3.05) is 32.0 Å². The molecule has 3 heterocycles. The van der Waals surface area contributed by atoms with Crippen molar-refractivity contribution in [2.45, 2.75) is 13.0 Å². The Hall–Kier alpha value is -3.25. The predicted molar refractivity (Wildman–Crippen MR) is 121 cm³/mol. The lowest BCUT2D eigenvalue weighted by Crippen LogP contribution is -2.27. The minimum absolute atomic E-state index is 0.0458. The summed E-state index contributed by atoms with van der Waals surface area (Å²) in [5.41, 5.74) is 4.53. The average Bonchev–Trinajstić information content (AvgIpc) is 3.29. The van der Waals surface area contributed by atoms with Gasteiger partial charge >= 0.3 is 0 Å². The number of anilines is 1. The van der Waals surface area contributed by atoms with Crippen molar-refractivity contribution < 1.29 is 9.59 Å². The van der Waals surface area contributed by atoms with Gasteiger partial charge in [0.05, 0.1) is 6.54 Å². The van der Waals surface area contributed by atoms with Crippen LogP contribution in [-0.4, -0.2) is 53.3 Å². The van der Waals surface area contributed by atoms with E-state index in [0.717, 1.165) is 30.6 Å². The van der Waals surface area contributed by atoms with Crippen molar-refractivity contribution in [1.29, 1.82) is 0 Å². The highest BCUT2D eigenvalue weighted by Crippen LogP contribution is 2.40. The third-order valence-electron chi connectivity index (χ3n) is 6.36. The first-order valence-electron chi connectivity index (χ1n) is 10.8. The van der Waals surface area contributed by atoms with E-state index in [1.54, 1.807) is 12.3 Å². The smallest absolute Gasteiger partial charge is 0.246 e. The van der Waals surface area contributed by atoms with Gasteiger partial charge in [0, 0.05) is 37.5 Å². The number of hydrogen-bond acceptors (Lipinski definition) is 4. The number of carbonyl (C=O) groups excluding carboxylic acids is 2. The number of likely N-dealkylation sites (N-methyl/N-ethyl adjacent to an activating group) is 1. The molecule has 2 aromatic rings. The van der Waals surface area contributed by atoms with Crippen LogP contribution in [0.15, 0.2) is 54.7 Å². The summed E-state index contributed by atoms with van der Waals surface area (Å²) in [5, 5.41) is 2.83. The highest BCUT2D eigenvalue weighted by atomic mass is 16.2. The van der Waals surface area contributed by atoms with Gasteiger partial charge in [0.15, 0.2) is 0 Å². The first kappa shape index (κ1) is 19.7. The summed E-state index contributed by atoms with van der Waals surface area (Å²) in [6.07, 6.45) is 8.56. The van der Waals surface area contributed by atoms with Gasteiger partial charge in [-0.1, -0.05) is 36.4 Å². The highest BCUT2D eigenvalue weighted by Gasteiger charge is 2.37. The van der Waals surface area contributed by atoms with Crippen molar-refractivity contribution in [1.82, 2.24) is 14.8 Å². The van der Waals surface area contributed by atoms with Crippen LogP contribution in [0, 0.1) is 11.8 Å². The van der Waals surface area contributed by atoms with Crippen LogP contribution in [0.25, 0.3) is 11.6 Å². The summed E-state index contributed by atoms with van der Waals surface area (Å²) in [5.74, 6) is 1.55. The second-order valence-corrected chi connectivity index (χ2v) is 8.76. The standard InChI is InChI=1S/C25H26N4O2/c1-28-13-22-9-17(12-26-25(22)27-23(30)16-28)7-8-24(31)29-14-20-10-19(11-21(20)15-29)18-5-3-2-4-6-18/h2-10,12,20-21H,11,13-16H2,1H3,(H,26,27,30). The minimum atomic E-state index is -0.0590. The summed E-state index contributed by atoms with van der Waals surface area (Å²) in [6.45, 7) is 2.57. The maximum Gasteiger partial charge on any atom is 0.246 e. The Bertz CT molecular complexity index is 1080. The van der Waals surface area contributed by atoms with Crippen LogP contribution in [0.3, 0.4) is 0 Å². The molecule has 0 saturated carbocycles. The summed E-state index contributed by atoms with van der Waals surface area (Å²) < 4.78 is 0. The Morgan fingerprint density at radius 1 is 1.19 bits per heavy atom. The van der Waals surface area contributed by atoms with Crippen LogP contribution in [0.4, 0.5) is 5.82 Å². The van der Waals surface area contributed by atoms with Crippen LogP contribution in [0.1, 0.15) is 23.1 Å². The van der Waals surface area contributed by atoms with Crippen LogP contribution in [-0.2, 0) is 16.1 Å². The third-order valence-corrected chi connectivity index (χ3v) is 6.36. The van der Waals surface area contributed by atoms with Gasteiger partial charge in [0.25, 0.3) is 0 Å². The molecule has 2 amide bonds. The first-order chi connectivity index (χ1) is 15.0. The number of allylic oxidation sites excluding steroid dienone is 1. The fraction of sp³-hybridized carbons (Fsp3) is 0.320. The van der Waals surface area contributed by atoms with E-state index in [9.17, 15) is 9.59 Å². The van der Waals surface area contributed by atoms with E-state index in [2.05, 4.69) is 40.6 Å². The van der Waals surface area contributed by atoms with E-state index in [0.29, 0.717) is 30.7 Å². The summed E-state index contributed by atoms with van der Waals surface area (Å²) >= 11 is 0. The molecule has 1 aliphatic carbocycles. The topological polar surface area (TPSA) is 65.5 Å². The number of amides is 2. The minimum Gasteiger partial charge on any atom is -0.338 e. The van der Waals surface area contributed by atoms with Gasteiger partial charge in [0.1, 0.15) is 5.82 Å². The highest BCUT2D eigenvalue weighted by molar-refractivity contribution is 5.93. The number of fused-ring (bicyclic) bond motifs is 2. The lowest BCUT2D eigenvalue weighted by molar-refractivity contribution is -0.125. The Morgan fingerprint density at radius 2 is 2.03 bits per heavy atom. The molecule has 0 spiro atoms. The number of nitrogens with zero attached hydrogens (tertiary/aromatic N) is 3. The molecule has 0 radical (unpaired) electrons. The largest absolute Gasteiger partial charge is 0.338 e. The molecule has 6 nitrogen and oxygen atoms in total. The van der Waals surface area contributed by atoms with Gasteiger partial charge in [-0.2, -0.15) is 0 Å². The fourth-order valence-electron chi connectivity index (χ4n) is 4.85. The maximum atomic E-state index is 12.8. The van der Waals surface area contributed by atoms with Crippen LogP contribution < -0.4 is 5.32 Å². The van der Waals surface area contributed by atoms with Crippen molar-refractivity contribution in [3.05, 3.63) is 71.4 Å². The summed E-state index contributed by atoms with van der Waals surface area (Å²) in [6, 6.07) is 12.5. The molecule has 158 valence electrons. The number of benzene rings is 1. The predicted octanol–water partition coefficient (Wildman–Crippen LogP) is 3.04. The molecule has 2 unspecified atom stereocenters.